The molecule has 1 aromatic heterocycles. The van der Waals surface area contributed by atoms with Crippen LogP contribution < -0.4 is 11.5 Å². The minimum atomic E-state index is -0.0892. The summed E-state index contributed by atoms with van der Waals surface area (Å²) < 4.78 is 5.50. The van der Waals surface area contributed by atoms with Gasteiger partial charge in [-0.3, -0.25) is 0 Å². The number of hydrogen-bond donors (Lipinski definition) is 2. The lowest BCUT2D eigenvalue weighted by Gasteiger charge is -2.24. The van der Waals surface area contributed by atoms with Crippen LogP contribution in [0.4, 0.5) is 0 Å². The average Bonchev–Trinajstić information content (AvgIpc) is 2.52. The number of aryl methyl sites for hydroxylation is 1. The van der Waals surface area contributed by atoms with Gasteiger partial charge in [-0.25, -0.2) is 0 Å². The Kier molecular flexibility index (Phi) is 3.72. The van der Waals surface area contributed by atoms with Gasteiger partial charge in [-0.15, -0.1) is 0 Å². The van der Waals surface area contributed by atoms with Crippen LogP contribution in [0.3, 0.4) is 0 Å². The summed E-state index contributed by atoms with van der Waals surface area (Å²) in [7, 11) is 0. The van der Waals surface area contributed by atoms with Gasteiger partial charge in [-0.2, -0.15) is 0 Å². The standard InChI is InChI=1S/C11H20N2O/c1-7(2)9(6-12)11(13)10-5-4-8(3)14-10/h4-5,7,9,11H,6,12-13H2,1-3H3. The lowest BCUT2D eigenvalue weighted by Crippen LogP contribution is -2.31. The van der Waals surface area contributed by atoms with E-state index in [2.05, 4.69) is 13.8 Å². The Morgan fingerprint density at radius 2 is 2.00 bits per heavy atom. The molecule has 0 saturated heterocycles. The maximum atomic E-state index is 6.09. The van der Waals surface area contributed by atoms with E-state index >= 15 is 0 Å². The lowest BCUT2D eigenvalue weighted by molar-refractivity contribution is 0.293. The summed E-state index contributed by atoms with van der Waals surface area (Å²) in [6.45, 7) is 6.78. The first-order valence-corrected chi connectivity index (χ1v) is 5.08. The van der Waals surface area contributed by atoms with Crippen molar-refractivity contribution in [1.29, 1.82) is 0 Å². The predicted octanol–water partition coefficient (Wildman–Crippen LogP) is 1.82. The first-order valence-electron chi connectivity index (χ1n) is 5.08. The Morgan fingerprint density at radius 3 is 2.36 bits per heavy atom. The van der Waals surface area contributed by atoms with Crippen molar-refractivity contribution < 1.29 is 4.42 Å². The van der Waals surface area contributed by atoms with Crippen LogP contribution in [-0.4, -0.2) is 6.54 Å². The molecule has 4 N–H and O–H groups in total. The molecule has 0 aromatic carbocycles. The number of furan rings is 1. The van der Waals surface area contributed by atoms with E-state index in [0.717, 1.165) is 11.5 Å². The van der Waals surface area contributed by atoms with Gasteiger partial charge in [0.1, 0.15) is 11.5 Å². The van der Waals surface area contributed by atoms with E-state index in [1.807, 2.05) is 19.1 Å². The fourth-order valence-corrected chi connectivity index (χ4v) is 1.68. The van der Waals surface area contributed by atoms with E-state index in [-0.39, 0.29) is 12.0 Å². The van der Waals surface area contributed by atoms with Crippen LogP contribution in [0.15, 0.2) is 16.5 Å². The first kappa shape index (κ1) is 11.3. The molecule has 2 atom stereocenters. The maximum Gasteiger partial charge on any atom is 0.121 e. The molecule has 0 fully saturated rings. The van der Waals surface area contributed by atoms with Crippen molar-refractivity contribution in [2.75, 3.05) is 6.54 Å². The number of nitrogens with two attached hydrogens (primary N) is 2. The van der Waals surface area contributed by atoms with Crippen LogP contribution in [0.5, 0.6) is 0 Å². The first-order chi connectivity index (χ1) is 6.56. The Balaban J connectivity index is 2.77. The van der Waals surface area contributed by atoms with Gasteiger partial charge in [0.15, 0.2) is 0 Å². The van der Waals surface area contributed by atoms with E-state index in [0.29, 0.717) is 12.5 Å². The van der Waals surface area contributed by atoms with E-state index in [1.165, 1.54) is 0 Å². The zero-order valence-corrected chi connectivity index (χ0v) is 9.16. The SMILES string of the molecule is Cc1ccc(C(N)C(CN)C(C)C)o1. The smallest absolute Gasteiger partial charge is 0.121 e. The van der Waals surface area contributed by atoms with Crippen LogP contribution in [0.1, 0.15) is 31.4 Å². The Morgan fingerprint density at radius 1 is 1.36 bits per heavy atom. The van der Waals surface area contributed by atoms with Gasteiger partial charge in [-0.05, 0) is 37.4 Å². The van der Waals surface area contributed by atoms with Crippen molar-refractivity contribution in [3.8, 4) is 0 Å². The highest BCUT2D eigenvalue weighted by Gasteiger charge is 2.23. The van der Waals surface area contributed by atoms with Gasteiger partial charge < -0.3 is 15.9 Å². The summed E-state index contributed by atoms with van der Waals surface area (Å²) in [4.78, 5) is 0. The molecule has 14 heavy (non-hydrogen) atoms. The van der Waals surface area contributed by atoms with E-state index in [9.17, 15) is 0 Å². The van der Waals surface area contributed by atoms with Crippen molar-refractivity contribution >= 4 is 0 Å². The third kappa shape index (κ3) is 2.36. The molecule has 1 heterocycles. The van der Waals surface area contributed by atoms with Crippen molar-refractivity contribution in [3.05, 3.63) is 23.7 Å². The van der Waals surface area contributed by atoms with Crippen LogP contribution in [0.25, 0.3) is 0 Å². The molecule has 3 heteroatoms. The summed E-state index contributed by atoms with van der Waals surface area (Å²) in [5, 5.41) is 0. The summed E-state index contributed by atoms with van der Waals surface area (Å²) in [6, 6.07) is 3.78. The molecule has 0 aliphatic rings. The molecule has 0 spiro atoms. The van der Waals surface area contributed by atoms with Crippen LogP contribution in [0.2, 0.25) is 0 Å². The Bertz CT molecular complexity index is 281. The predicted molar refractivity (Wildman–Crippen MR) is 57.8 cm³/mol. The fraction of sp³-hybridized carbons (Fsp3) is 0.636. The molecule has 0 amide bonds. The van der Waals surface area contributed by atoms with Gasteiger partial charge in [0.2, 0.25) is 0 Å². The van der Waals surface area contributed by atoms with Crippen molar-refractivity contribution in [2.24, 2.45) is 23.3 Å². The molecule has 0 radical (unpaired) electrons. The zero-order valence-electron chi connectivity index (χ0n) is 9.16. The second-order valence-electron chi connectivity index (χ2n) is 4.12. The van der Waals surface area contributed by atoms with Crippen LogP contribution in [-0.2, 0) is 0 Å². The molecule has 0 aliphatic carbocycles. The molecular weight excluding hydrogens is 176 g/mol. The number of hydrogen-bond acceptors (Lipinski definition) is 3. The maximum absolute atomic E-state index is 6.09. The van der Waals surface area contributed by atoms with E-state index in [1.54, 1.807) is 0 Å². The molecule has 3 nitrogen and oxygen atoms in total. The zero-order chi connectivity index (χ0) is 10.7. The minimum absolute atomic E-state index is 0.0892. The largest absolute Gasteiger partial charge is 0.465 e. The second kappa shape index (κ2) is 4.62. The van der Waals surface area contributed by atoms with E-state index in [4.69, 9.17) is 15.9 Å². The molecular formula is C11H20N2O. The van der Waals surface area contributed by atoms with Crippen molar-refractivity contribution in [1.82, 2.24) is 0 Å². The van der Waals surface area contributed by atoms with Gasteiger partial charge in [0, 0.05) is 0 Å². The molecule has 0 bridgehead atoms. The highest BCUT2D eigenvalue weighted by Crippen LogP contribution is 2.26. The Hall–Kier alpha value is -0.800. The van der Waals surface area contributed by atoms with Gasteiger partial charge >= 0.3 is 0 Å². The molecule has 2 unspecified atom stereocenters. The molecule has 1 rings (SSSR count). The van der Waals surface area contributed by atoms with Crippen molar-refractivity contribution in [2.45, 2.75) is 26.8 Å². The van der Waals surface area contributed by atoms with Gasteiger partial charge in [-0.1, -0.05) is 13.8 Å². The fourth-order valence-electron chi connectivity index (χ4n) is 1.68. The summed E-state index contributed by atoms with van der Waals surface area (Å²) in [5.41, 5.74) is 11.8. The molecule has 0 saturated carbocycles. The van der Waals surface area contributed by atoms with E-state index < -0.39 is 0 Å². The molecule has 0 aliphatic heterocycles. The third-order valence-corrected chi connectivity index (χ3v) is 2.68. The van der Waals surface area contributed by atoms with Gasteiger partial charge in [0.05, 0.1) is 6.04 Å². The highest BCUT2D eigenvalue weighted by molar-refractivity contribution is 5.10. The monoisotopic (exact) mass is 196 g/mol. The third-order valence-electron chi connectivity index (χ3n) is 2.68. The highest BCUT2D eigenvalue weighted by atomic mass is 16.3. The van der Waals surface area contributed by atoms with Gasteiger partial charge in [0.25, 0.3) is 0 Å². The quantitative estimate of drug-likeness (QED) is 0.772. The van der Waals surface area contributed by atoms with Crippen molar-refractivity contribution in [3.63, 3.8) is 0 Å². The van der Waals surface area contributed by atoms with Crippen LogP contribution >= 0.6 is 0 Å². The second-order valence-corrected chi connectivity index (χ2v) is 4.12. The molecule has 1 aromatic rings. The average molecular weight is 196 g/mol. The topological polar surface area (TPSA) is 65.2 Å². The van der Waals surface area contributed by atoms with Crippen LogP contribution in [0, 0.1) is 18.8 Å². The summed E-state index contributed by atoms with van der Waals surface area (Å²) in [6.07, 6.45) is 0. The normalized spacial score (nSPS) is 15.9. The lowest BCUT2D eigenvalue weighted by atomic mass is 9.88. The Labute approximate surface area is 85.5 Å². The minimum Gasteiger partial charge on any atom is -0.465 e. The molecule has 80 valence electrons. The summed E-state index contributed by atoms with van der Waals surface area (Å²) >= 11 is 0. The number of rotatable bonds is 4. The summed E-state index contributed by atoms with van der Waals surface area (Å²) in [5.74, 6) is 2.49.